The van der Waals surface area contributed by atoms with Crippen molar-refractivity contribution < 1.29 is 9.53 Å². The van der Waals surface area contributed by atoms with Gasteiger partial charge < -0.3 is 10.1 Å². The van der Waals surface area contributed by atoms with Crippen LogP contribution in [0, 0.1) is 0 Å². The van der Waals surface area contributed by atoms with Crippen molar-refractivity contribution in [3.63, 3.8) is 0 Å². The van der Waals surface area contributed by atoms with Gasteiger partial charge in [0.15, 0.2) is 5.16 Å². The lowest BCUT2D eigenvalue weighted by atomic mass is 10.2. The number of fused-ring (bicyclic) bond motifs is 1. The molecule has 0 fully saturated rings. The predicted octanol–water partition coefficient (Wildman–Crippen LogP) is 4.34. The minimum absolute atomic E-state index is 0.103. The average molecular weight is 488 g/mol. The van der Waals surface area contributed by atoms with Crippen molar-refractivity contribution in [2.24, 2.45) is 0 Å². The van der Waals surface area contributed by atoms with Crippen LogP contribution in [0.2, 0.25) is 5.02 Å². The minimum atomic E-state index is -0.159. The Balaban J connectivity index is 1.56. The van der Waals surface area contributed by atoms with Gasteiger partial charge in [-0.3, -0.25) is 14.2 Å². The Hall–Kier alpha value is -2.42. The number of rotatable bonds is 7. The highest BCUT2D eigenvalue weighted by atomic mass is 35.5. The third-order valence-corrected chi connectivity index (χ3v) is 7.50. The summed E-state index contributed by atoms with van der Waals surface area (Å²) in [5.41, 5.74) is 2.24. The predicted molar refractivity (Wildman–Crippen MR) is 129 cm³/mol. The number of aromatic nitrogens is 2. The summed E-state index contributed by atoms with van der Waals surface area (Å²) in [6.07, 6.45) is 0.741. The molecule has 9 heteroatoms. The summed E-state index contributed by atoms with van der Waals surface area (Å²) < 4.78 is 6.81. The zero-order valence-corrected chi connectivity index (χ0v) is 20.0. The molecule has 32 heavy (non-hydrogen) atoms. The molecule has 4 rings (SSSR count). The first-order chi connectivity index (χ1) is 15.5. The van der Waals surface area contributed by atoms with E-state index in [1.807, 2.05) is 30.3 Å². The van der Waals surface area contributed by atoms with Crippen LogP contribution in [-0.4, -0.2) is 33.6 Å². The summed E-state index contributed by atoms with van der Waals surface area (Å²) >= 11 is 8.96. The van der Waals surface area contributed by atoms with Crippen LogP contribution in [0.3, 0.4) is 0 Å². The first-order valence-electron chi connectivity index (χ1n) is 10.1. The van der Waals surface area contributed by atoms with E-state index in [1.54, 1.807) is 41.6 Å². The third kappa shape index (κ3) is 4.98. The number of carbonyl (C=O) groups is 1. The maximum Gasteiger partial charge on any atom is 0.272 e. The van der Waals surface area contributed by atoms with Crippen LogP contribution in [-0.2, 0) is 17.8 Å². The SMILES string of the molecule is COc1ccc(-n2c(SCC(=O)NCc3ccccc3Cl)nc3c(c2=O)SC(C)C3)cc1. The number of methoxy groups -OCH3 is 1. The Morgan fingerprint density at radius 2 is 2.03 bits per heavy atom. The number of benzene rings is 2. The quantitative estimate of drug-likeness (QED) is 0.395. The molecule has 1 amide bonds. The first-order valence-corrected chi connectivity index (χ1v) is 12.3. The average Bonchev–Trinajstić information content (AvgIpc) is 3.18. The van der Waals surface area contributed by atoms with Crippen molar-refractivity contribution in [3.8, 4) is 11.4 Å². The molecular weight excluding hydrogens is 466 g/mol. The van der Waals surface area contributed by atoms with Crippen LogP contribution < -0.4 is 15.6 Å². The molecule has 0 spiro atoms. The van der Waals surface area contributed by atoms with E-state index in [1.165, 1.54) is 11.8 Å². The molecule has 1 aromatic heterocycles. The van der Waals surface area contributed by atoms with Crippen molar-refractivity contribution in [2.75, 3.05) is 12.9 Å². The van der Waals surface area contributed by atoms with E-state index in [4.69, 9.17) is 21.3 Å². The lowest BCUT2D eigenvalue weighted by Gasteiger charge is -2.14. The van der Waals surface area contributed by atoms with Crippen molar-refractivity contribution in [3.05, 3.63) is 75.2 Å². The smallest absolute Gasteiger partial charge is 0.272 e. The molecule has 2 heterocycles. The number of amides is 1. The van der Waals surface area contributed by atoms with Gasteiger partial charge >= 0.3 is 0 Å². The second-order valence-corrected chi connectivity index (χ2v) is 10.1. The van der Waals surface area contributed by atoms with E-state index in [2.05, 4.69) is 12.2 Å². The van der Waals surface area contributed by atoms with E-state index >= 15 is 0 Å². The number of hydrogen-bond acceptors (Lipinski definition) is 6. The summed E-state index contributed by atoms with van der Waals surface area (Å²) in [7, 11) is 1.60. The summed E-state index contributed by atoms with van der Waals surface area (Å²) in [6, 6.07) is 14.6. The van der Waals surface area contributed by atoms with E-state index in [9.17, 15) is 9.59 Å². The Bertz CT molecular complexity index is 1200. The monoisotopic (exact) mass is 487 g/mol. The number of thioether (sulfide) groups is 2. The van der Waals surface area contributed by atoms with Crippen LogP contribution in [0.5, 0.6) is 5.75 Å². The first kappa shape index (κ1) is 22.8. The lowest BCUT2D eigenvalue weighted by Crippen LogP contribution is -2.27. The zero-order chi connectivity index (χ0) is 22.7. The Morgan fingerprint density at radius 1 is 1.28 bits per heavy atom. The molecule has 0 saturated heterocycles. The van der Waals surface area contributed by atoms with Gasteiger partial charge in [-0.15, -0.1) is 11.8 Å². The largest absolute Gasteiger partial charge is 0.497 e. The van der Waals surface area contributed by atoms with Crippen LogP contribution in [0.1, 0.15) is 18.2 Å². The van der Waals surface area contributed by atoms with Crippen molar-refractivity contribution in [1.29, 1.82) is 0 Å². The molecule has 1 unspecified atom stereocenters. The molecule has 3 aromatic rings. The van der Waals surface area contributed by atoms with Gasteiger partial charge in [0.05, 0.1) is 29.1 Å². The molecular formula is C23H22ClN3O3S2. The summed E-state index contributed by atoms with van der Waals surface area (Å²) in [4.78, 5) is 31.3. The van der Waals surface area contributed by atoms with Gasteiger partial charge in [0, 0.05) is 23.2 Å². The summed E-state index contributed by atoms with van der Waals surface area (Å²) in [6.45, 7) is 2.43. The van der Waals surface area contributed by atoms with Crippen LogP contribution in [0.15, 0.2) is 63.4 Å². The number of nitrogens with zero attached hydrogens (tertiary/aromatic N) is 2. The standard InChI is InChI=1S/C23H22ClN3O3S2/c1-14-11-19-21(32-14)22(29)27(16-7-9-17(30-2)10-8-16)23(26-19)31-13-20(28)25-12-15-5-3-4-6-18(15)24/h3-10,14H,11-13H2,1-2H3,(H,25,28). The molecule has 6 nitrogen and oxygen atoms in total. The summed E-state index contributed by atoms with van der Waals surface area (Å²) in [5, 5.41) is 4.29. The van der Waals surface area contributed by atoms with E-state index in [-0.39, 0.29) is 17.2 Å². The van der Waals surface area contributed by atoms with Gasteiger partial charge in [-0.05, 0) is 35.9 Å². The van der Waals surface area contributed by atoms with Gasteiger partial charge in [-0.1, -0.05) is 48.5 Å². The fraction of sp³-hybridized carbons (Fsp3) is 0.261. The molecule has 1 N–H and O–H groups in total. The topological polar surface area (TPSA) is 73.2 Å². The fourth-order valence-electron chi connectivity index (χ4n) is 3.37. The Labute approximate surface area is 199 Å². The highest BCUT2D eigenvalue weighted by Gasteiger charge is 2.27. The zero-order valence-electron chi connectivity index (χ0n) is 17.6. The van der Waals surface area contributed by atoms with Crippen LogP contribution >= 0.6 is 35.1 Å². The lowest BCUT2D eigenvalue weighted by molar-refractivity contribution is -0.118. The number of halogens is 1. The molecule has 166 valence electrons. The van der Waals surface area contributed by atoms with Gasteiger partial charge in [-0.2, -0.15) is 0 Å². The van der Waals surface area contributed by atoms with Gasteiger partial charge in [-0.25, -0.2) is 4.98 Å². The molecule has 0 aliphatic carbocycles. The van der Waals surface area contributed by atoms with Crippen LogP contribution in [0.4, 0.5) is 0 Å². The number of nitrogens with one attached hydrogen (secondary N) is 1. The molecule has 0 bridgehead atoms. The van der Waals surface area contributed by atoms with Crippen molar-refractivity contribution in [2.45, 2.75) is 35.2 Å². The Kier molecular flexibility index (Phi) is 7.13. The molecule has 1 aliphatic rings. The molecule has 1 aliphatic heterocycles. The third-order valence-electron chi connectivity index (χ3n) is 4.98. The maximum atomic E-state index is 13.3. The number of carbonyl (C=O) groups excluding carboxylic acids is 1. The highest BCUT2D eigenvalue weighted by Crippen LogP contribution is 2.35. The van der Waals surface area contributed by atoms with Crippen LogP contribution in [0.25, 0.3) is 5.69 Å². The maximum absolute atomic E-state index is 13.3. The minimum Gasteiger partial charge on any atom is -0.497 e. The van der Waals surface area contributed by atoms with E-state index < -0.39 is 0 Å². The summed E-state index contributed by atoms with van der Waals surface area (Å²) in [5.74, 6) is 0.676. The van der Waals surface area contributed by atoms with Gasteiger partial charge in [0.2, 0.25) is 5.91 Å². The Morgan fingerprint density at radius 3 is 2.75 bits per heavy atom. The molecule has 0 saturated carbocycles. The van der Waals surface area contributed by atoms with E-state index in [0.29, 0.717) is 38.3 Å². The molecule has 0 radical (unpaired) electrons. The highest BCUT2D eigenvalue weighted by molar-refractivity contribution is 8.00. The van der Waals surface area contributed by atoms with Crippen molar-refractivity contribution >= 4 is 41.0 Å². The second-order valence-electron chi connectivity index (χ2n) is 7.30. The fourth-order valence-corrected chi connectivity index (χ4v) is 5.53. The van der Waals surface area contributed by atoms with Gasteiger partial charge in [0.25, 0.3) is 5.56 Å². The van der Waals surface area contributed by atoms with Crippen molar-refractivity contribution in [1.82, 2.24) is 14.9 Å². The van der Waals surface area contributed by atoms with Gasteiger partial charge in [0.1, 0.15) is 5.75 Å². The number of ether oxygens (including phenoxy) is 1. The second kappa shape index (κ2) is 10.0. The molecule has 1 atom stereocenters. The normalized spacial score (nSPS) is 14.8. The number of hydrogen-bond donors (Lipinski definition) is 1. The molecule has 2 aromatic carbocycles. The van der Waals surface area contributed by atoms with E-state index in [0.717, 1.165) is 17.7 Å².